The molecule has 13 heavy (non-hydrogen) atoms. The van der Waals surface area contributed by atoms with Gasteiger partial charge in [0, 0.05) is 6.54 Å². The van der Waals surface area contributed by atoms with Crippen LogP contribution in [-0.4, -0.2) is 11.0 Å². The molecule has 1 aromatic carbocycles. The molecule has 68 valence electrons. The van der Waals surface area contributed by atoms with Gasteiger partial charge in [-0.15, -0.1) is 0 Å². The topological polar surface area (TPSA) is 49.3 Å². The third kappa shape index (κ3) is 1.21. The van der Waals surface area contributed by atoms with E-state index in [0.29, 0.717) is 17.7 Å². The second kappa shape index (κ2) is 2.85. The number of hydrogen-bond donors (Lipinski definition) is 2. The zero-order valence-electron chi connectivity index (χ0n) is 7.37. The molecule has 1 aromatic rings. The summed E-state index contributed by atoms with van der Waals surface area (Å²) in [5, 5.41) is 12.2. The van der Waals surface area contributed by atoms with Crippen molar-refractivity contribution >= 4 is 5.91 Å². The van der Waals surface area contributed by atoms with E-state index in [-0.39, 0.29) is 5.91 Å². The fourth-order valence-corrected chi connectivity index (χ4v) is 1.66. The fraction of sp³-hybridized carbons (Fsp3) is 0.300. The third-order valence-corrected chi connectivity index (χ3v) is 2.30. The Kier molecular flexibility index (Phi) is 1.81. The Labute approximate surface area is 76.4 Å². The minimum absolute atomic E-state index is 0.0773. The molecule has 1 amide bonds. The molecule has 0 bridgehead atoms. The van der Waals surface area contributed by atoms with Crippen molar-refractivity contribution in [3.05, 3.63) is 34.9 Å². The average molecular weight is 177 g/mol. The van der Waals surface area contributed by atoms with E-state index in [0.717, 1.165) is 5.56 Å². The summed E-state index contributed by atoms with van der Waals surface area (Å²) in [5.74, 6) is -0.0773. The van der Waals surface area contributed by atoms with Gasteiger partial charge in [-0.3, -0.25) is 4.79 Å². The molecule has 1 aliphatic heterocycles. The van der Waals surface area contributed by atoms with Crippen LogP contribution in [0.25, 0.3) is 0 Å². The molecule has 2 N–H and O–H groups in total. The number of carbonyl (C=O) groups is 1. The van der Waals surface area contributed by atoms with E-state index in [1.165, 1.54) is 0 Å². The molecule has 3 nitrogen and oxygen atoms in total. The van der Waals surface area contributed by atoms with Gasteiger partial charge in [0.2, 0.25) is 0 Å². The average Bonchev–Trinajstić information content (AvgIpc) is 2.48. The number of hydrogen-bond acceptors (Lipinski definition) is 2. The molecule has 0 aromatic heterocycles. The van der Waals surface area contributed by atoms with Crippen molar-refractivity contribution in [1.82, 2.24) is 5.32 Å². The lowest BCUT2D eigenvalue weighted by atomic mass is 10.00. The Bertz CT molecular complexity index is 358. The molecule has 2 rings (SSSR count). The van der Waals surface area contributed by atoms with Gasteiger partial charge in [-0.1, -0.05) is 18.2 Å². The maximum Gasteiger partial charge on any atom is 0.252 e. The summed E-state index contributed by atoms with van der Waals surface area (Å²) in [6, 6.07) is 5.55. The summed E-state index contributed by atoms with van der Waals surface area (Å²) < 4.78 is 0. The summed E-state index contributed by atoms with van der Waals surface area (Å²) >= 11 is 0. The summed E-state index contributed by atoms with van der Waals surface area (Å²) in [5.41, 5.74) is 2.34. The number of fused-ring (bicyclic) bond motifs is 1. The van der Waals surface area contributed by atoms with Crippen LogP contribution in [-0.2, 0) is 6.54 Å². The first kappa shape index (κ1) is 8.26. The van der Waals surface area contributed by atoms with Crippen molar-refractivity contribution in [3.63, 3.8) is 0 Å². The lowest BCUT2D eigenvalue weighted by molar-refractivity contribution is 0.0960. The molecule has 3 heteroatoms. The quantitative estimate of drug-likeness (QED) is 0.671. The Morgan fingerprint density at radius 3 is 3.00 bits per heavy atom. The highest BCUT2D eigenvalue weighted by molar-refractivity contribution is 5.99. The Hall–Kier alpha value is -1.35. The summed E-state index contributed by atoms with van der Waals surface area (Å²) in [6.45, 7) is 2.25. The fourth-order valence-electron chi connectivity index (χ4n) is 1.66. The third-order valence-electron chi connectivity index (χ3n) is 2.30. The zero-order chi connectivity index (χ0) is 9.42. The van der Waals surface area contributed by atoms with Crippen LogP contribution in [0.1, 0.15) is 34.5 Å². The predicted molar refractivity (Wildman–Crippen MR) is 48.2 cm³/mol. The molecule has 0 fully saturated rings. The van der Waals surface area contributed by atoms with Gasteiger partial charge in [-0.25, -0.2) is 0 Å². The highest BCUT2D eigenvalue weighted by atomic mass is 16.3. The van der Waals surface area contributed by atoms with Gasteiger partial charge >= 0.3 is 0 Å². The lowest BCUT2D eigenvalue weighted by Crippen LogP contribution is -2.14. The molecule has 1 aliphatic rings. The van der Waals surface area contributed by atoms with Crippen LogP contribution in [0.15, 0.2) is 18.2 Å². The first-order valence-electron chi connectivity index (χ1n) is 4.28. The molecule has 1 atom stereocenters. The number of nitrogens with one attached hydrogen (secondary N) is 1. The van der Waals surface area contributed by atoms with Crippen LogP contribution in [0.5, 0.6) is 0 Å². The normalized spacial score (nSPS) is 16.6. The van der Waals surface area contributed by atoms with E-state index in [9.17, 15) is 9.90 Å². The molecule has 0 unspecified atom stereocenters. The van der Waals surface area contributed by atoms with Crippen LogP contribution in [0.4, 0.5) is 0 Å². The van der Waals surface area contributed by atoms with Crippen molar-refractivity contribution < 1.29 is 9.90 Å². The van der Waals surface area contributed by atoms with Gasteiger partial charge in [0.05, 0.1) is 11.7 Å². The molecule has 0 aliphatic carbocycles. The van der Waals surface area contributed by atoms with Gasteiger partial charge in [0.25, 0.3) is 5.91 Å². The maximum atomic E-state index is 11.4. The Morgan fingerprint density at radius 2 is 2.31 bits per heavy atom. The summed E-state index contributed by atoms with van der Waals surface area (Å²) in [4.78, 5) is 11.4. The number of carbonyl (C=O) groups excluding carboxylic acids is 1. The highest BCUT2D eigenvalue weighted by Crippen LogP contribution is 2.24. The molecule has 0 radical (unpaired) electrons. The molecule has 0 spiro atoms. The van der Waals surface area contributed by atoms with Crippen molar-refractivity contribution in [3.8, 4) is 0 Å². The van der Waals surface area contributed by atoms with Crippen molar-refractivity contribution in [1.29, 1.82) is 0 Å². The summed E-state index contributed by atoms with van der Waals surface area (Å²) in [6.07, 6.45) is -0.584. The molecular weight excluding hydrogens is 166 g/mol. The standard InChI is InChI=1S/C10H11NO2/c1-6(12)8-4-2-3-7-5-11-10(13)9(7)8/h2-4,6,12H,5H2,1H3,(H,11,13)/t6-/m1/s1. The SMILES string of the molecule is C[C@@H](O)c1cccc2c1C(=O)NC2. The molecular formula is C10H11NO2. The number of aliphatic hydroxyl groups is 1. The second-order valence-electron chi connectivity index (χ2n) is 3.24. The first-order valence-corrected chi connectivity index (χ1v) is 4.28. The van der Waals surface area contributed by atoms with E-state index < -0.39 is 6.10 Å². The van der Waals surface area contributed by atoms with Gasteiger partial charge in [0.15, 0.2) is 0 Å². The first-order chi connectivity index (χ1) is 6.20. The van der Waals surface area contributed by atoms with Crippen LogP contribution < -0.4 is 5.32 Å². The number of benzene rings is 1. The Morgan fingerprint density at radius 1 is 1.54 bits per heavy atom. The molecule has 1 heterocycles. The number of rotatable bonds is 1. The molecule has 0 saturated heterocycles. The number of aliphatic hydroxyl groups excluding tert-OH is 1. The zero-order valence-corrected chi connectivity index (χ0v) is 7.37. The van der Waals surface area contributed by atoms with Gasteiger partial charge in [-0.05, 0) is 18.1 Å². The minimum atomic E-state index is -0.584. The smallest absolute Gasteiger partial charge is 0.252 e. The Balaban J connectivity index is 2.60. The van der Waals surface area contributed by atoms with Crippen molar-refractivity contribution in [2.24, 2.45) is 0 Å². The van der Waals surface area contributed by atoms with Crippen LogP contribution in [0, 0.1) is 0 Å². The van der Waals surface area contributed by atoms with Gasteiger partial charge < -0.3 is 10.4 Å². The van der Waals surface area contributed by atoms with E-state index in [1.807, 2.05) is 12.1 Å². The van der Waals surface area contributed by atoms with E-state index in [2.05, 4.69) is 5.32 Å². The van der Waals surface area contributed by atoms with E-state index in [4.69, 9.17) is 0 Å². The highest BCUT2D eigenvalue weighted by Gasteiger charge is 2.23. The van der Waals surface area contributed by atoms with E-state index in [1.54, 1.807) is 13.0 Å². The lowest BCUT2D eigenvalue weighted by Gasteiger charge is -2.08. The van der Waals surface area contributed by atoms with Crippen LogP contribution in [0.2, 0.25) is 0 Å². The summed E-state index contributed by atoms with van der Waals surface area (Å²) in [7, 11) is 0. The van der Waals surface area contributed by atoms with Crippen molar-refractivity contribution in [2.45, 2.75) is 19.6 Å². The van der Waals surface area contributed by atoms with E-state index >= 15 is 0 Å². The second-order valence-corrected chi connectivity index (χ2v) is 3.24. The predicted octanol–water partition coefficient (Wildman–Crippen LogP) is 0.983. The maximum absolute atomic E-state index is 11.4. The monoisotopic (exact) mass is 177 g/mol. The van der Waals surface area contributed by atoms with Gasteiger partial charge in [0.1, 0.15) is 0 Å². The minimum Gasteiger partial charge on any atom is -0.389 e. The largest absolute Gasteiger partial charge is 0.389 e. The molecule has 0 saturated carbocycles. The number of amides is 1. The van der Waals surface area contributed by atoms with Crippen molar-refractivity contribution in [2.75, 3.05) is 0 Å². The van der Waals surface area contributed by atoms with Gasteiger partial charge in [-0.2, -0.15) is 0 Å². The van der Waals surface area contributed by atoms with Crippen LogP contribution >= 0.6 is 0 Å². The van der Waals surface area contributed by atoms with Crippen LogP contribution in [0.3, 0.4) is 0 Å².